The van der Waals surface area contributed by atoms with Crippen LogP contribution in [-0.2, 0) is 0 Å². The summed E-state index contributed by atoms with van der Waals surface area (Å²) in [5.74, 6) is 0. The third-order valence-corrected chi connectivity index (χ3v) is 2.37. The van der Waals surface area contributed by atoms with Gasteiger partial charge in [0, 0.05) is 0 Å². The summed E-state index contributed by atoms with van der Waals surface area (Å²) in [6, 6.07) is 2.51. The van der Waals surface area contributed by atoms with Gasteiger partial charge in [-0.15, -0.1) is 0 Å². The molecule has 3 nitrogen and oxygen atoms in total. The molecule has 1 aliphatic carbocycles. The fourth-order valence-electron chi connectivity index (χ4n) is 1.60. The predicted octanol–water partition coefficient (Wildman–Crippen LogP) is 3.07. The van der Waals surface area contributed by atoms with Crippen molar-refractivity contribution in [3.63, 3.8) is 0 Å². The molecule has 0 bridgehead atoms. The first-order valence-electron chi connectivity index (χ1n) is 5.02. The Morgan fingerprint density at radius 2 is 1.85 bits per heavy atom. The molecule has 0 radical (unpaired) electrons. The van der Waals surface area contributed by atoms with E-state index in [0.29, 0.717) is 0 Å². The van der Waals surface area contributed by atoms with Crippen LogP contribution in [0.4, 0.5) is 0 Å². The van der Waals surface area contributed by atoms with Gasteiger partial charge in [-0.05, 0) is 39.5 Å². The van der Waals surface area contributed by atoms with Crippen molar-refractivity contribution in [1.29, 1.82) is 5.26 Å². The van der Waals surface area contributed by atoms with Crippen LogP contribution < -0.4 is 0 Å². The second kappa shape index (κ2) is 4.36. The Morgan fingerprint density at radius 1 is 1.23 bits per heavy atom. The molecular formula is C10H17N3. The van der Waals surface area contributed by atoms with Gasteiger partial charge >= 0.3 is 0 Å². The molecule has 0 aromatic carbocycles. The molecule has 0 aromatic rings. The Balaban J connectivity index is 2.64. The Bertz CT molecular complexity index is 219. The third-order valence-electron chi connectivity index (χ3n) is 2.37. The standard InChI is InChI=1S/C10H17N3/c1-9(2)12-13-10(8-11)6-4-3-5-7-10/h9H,3-7H2,1-2H3. The monoisotopic (exact) mass is 179 g/mol. The van der Waals surface area contributed by atoms with Crippen molar-refractivity contribution in [3.05, 3.63) is 0 Å². The first-order valence-corrected chi connectivity index (χ1v) is 5.02. The SMILES string of the molecule is CC(C)N=NC1(C#N)CCCCC1. The van der Waals surface area contributed by atoms with Crippen LogP contribution in [0.15, 0.2) is 10.2 Å². The minimum Gasteiger partial charge on any atom is -0.196 e. The number of rotatable bonds is 2. The van der Waals surface area contributed by atoms with Gasteiger partial charge in [-0.25, -0.2) is 0 Å². The molecule has 72 valence electrons. The minimum atomic E-state index is -0.484. The number of azo groups is 1. The zero-order valence-corrected chi connectivity index (χ0v) is 8.45. The molecule has 0 aliphatic heterocycles. The Morgan fingerprint density at radius 3 is 2.31 bits per heavy atom. The molecule has 1 aliphatic rings. The molecule has 1 rings (SSSR count). The summed E-state index contributed by atoms with van der Waals surface area (Å²) in [4.78, 5) is 0. The molecule has 3 heteroatoms. The van der Waals surface area contributed by atoms with Crippen LogP contribution in [-0.4, -0.2) is 11.6 Å². The number of nitriles is 1. The van der Waals surface area contributed by atoms with Crippen LogP contribution in [0.2, 0.25) is 0 Å². The Labute approximate surface area is 79.9 Å². The molecule has 0 unspecified atom stereocenters. The second-order valence-corrected chi connectivity index (χ2v) is 4.01. The van der Waals surface area contributed by atoms with Gasteiger partial charge in [0.15, 0.2) is 5.54 Å². The fourth-order valence-corrected chi connectivity index (χ4v) is 1.60. The van der Waals surface area contributed by atoms with Crippen molar-refractivity contribution in [2.24, 2.45) is 10.2 Å². The summed E-state index contributed by atoms with van der Waals surface area (Å²) >= 11 is 0. The molecule has 0 N–H and O–H groups in total. The van der Waals surface area contributed by atoms with Gasteiger partial charge in [0.25, 0.3) is 0 Å². The molecule has 0 spiro atoms. The van der Waals surface area contributed by atoms with E-state index < -0.39 is 5.54 Å². The molecule has 1 saturated carbocycles. The maximum absolute atomic E-state index is 9.05. The van der Waals surface area contributed by atoms with Crippen molar-refractivity contribution in [1.82, 2.24) is 0 Å². The smallest absolute Gasteiger partial charge is 0.167 e. The number of hydrogen-bond acceptors (Lipinski definition) is 3. The maximum Gasteiger partial charge on any atom is 0.167 e. The van der Waals surface area contributed by atoms with E-state index >= 15 is 0 Å². The van der Waals surface area contributed by atoms with E-state index in [1.54, 1.807) is 0 Å². The third kappa shape index (κ3) is 2.80. The quantitative estimate of drug-likeness (QED) is 0.601. The van der Waals surface area contributed by atoms with Crippen LogP contribution in [0.5, 0.6) is 0 Å². The highest BCUT2D eigenvalue weighted by atomic mass is 15.2. The van der Waals surface area contributed by atoms with Gasteiger partial charge in [0.2, 0.25) is 0 Å². The normalized spacial score (nSPS) is 22.0. The summed E-state index contributed by atoms with van der Waals surface area (Å²) in [5, 5.41) is 17.3. The van der Waals surface area contributed by atoms with E-state index in [9.17, 15) is 0 Å². The average molecular weight is 179 g/mol. The average Bonchev–Trinajstić information content (AvgIpc) is 2.16. The fraction of sp³-hybridized carbons (Fsp3) is 0.900. The summed E-state index contributed by atoms with van der Waals surface area (Å²) in [6.07, 6.45) is 5.25. The van der Waals surface area contributed by atoms with Gasteiger partial charge < -0.3 is 0 Å². The van der Waals surface area contributed by atoms with E-state index in [1.165, 1.54) is 6.42 Å². The first kappa shape index (κ1) is 10.2. The van der Waals surface area contributed by atoms with Crippen molar-refractivity contribution in [3.8, 4) is 6.07 Å². The summed E-state index contributed by atoms with van der Waals surface area (Å²) < 4.78 is 0. The van der Waals surface area contributed by atoms with Crippen LogP contribution >= 0.6 is 0 Å². The highest BCUT2D eigenvalue weighted by molar-refractivity contribution is 5.07. The van der Waals surface area contributed by atoms with Gasteiger partial charge in [-0.3, -0.25) is 0 Å². The van der Waals surface area contributed by atoms with Gasteiger partial charge in [0.1, 0.15) is 0 Å². The lowest BCUT2D eigenvalue weighted by Crippen LogP contribution is -2.27. The van der Waals surface area contributed by atoms with E-state index in [0.717, 1.165) is 25.7 Å². The minimum absolute atomic E-state index is 0.201. The molecule has 0 aromatic heterocycles. The van der Waals surface area contributed by atoms with E-state index in [-0.39, 0.29) is 6.04 Å². The zero-order valence-electron chi connectivity index (χ0n) is 8.45. The highest BCUT2D eigenvalue weighted by Gasteiger charge is 2.31. The van der Waals surface area contributed by atoms with Crippen LogP contribution in [0.1, 0.15) is 46.0 Å². The summed E-state index contributed by atoms with van der Waals surface area (Å²) in [5.41, 5.74) is -0.484. The molecule has 13 heavy (non-hydrogen) atoms. The first-order chi connectivity index (χ1) is 6.18. The van der Waals surface area contributed by atoms with Crippen LogP contribution in [0.3, 0.4) is 0 Å². The lowest BCUT2D eigenvalue weighted by molar-refractivity contribution is 0.351. The largest absolute Gasteiger partial charge is 0.196 e. The summed E-state index contributed by atoms with van der Waals surface area (Å²) in [7, 11) is 0. The lowest BCUT2D eigenvalue weighted by atomic mass is 9.84. The van der Waals surface area contributed by atoms with Crippen molar-refractivity contribution in [2.45, 2.75) is 57.5 Å². The lowest BCUT2D eigenvalue weighted by Gasteiger charge is -2.25. The molecule has 0 amide bonds. The Hall–Kier alpha value is -0.910. The predicted molar refractivity (Wildman–Crippen MR) is 51.4 cm³/mol. The second-order valence-electron chi connectivity index (χ2n) is 4.01. The number of nitrogens with zero attached hydrogens (tertiary/aromatic N) is 3. The highest BCUT2D eigenvalue weighted by Crippen LogP contribution is 2.31. The van der Waals surface area contributed by atoms with Gasteiger partial charge in [0.05, 0.1) is 12.1 Å². The van der Waals surface area contributed by atoms with Crippen LogP contribution in [0.25, 0.3) is 0 Å². The van der Waals surface area contributed by atoms with E-state index in [4.69, 9.17) is 5.26 Å². The Kier molecular flexibility index (Phi) is 3.41. The van der Waals surface area contributed by atoms with Crippen molar-refractivity contribution < 1.29 is 0 Å². The van der Waals surface area contributed by atoms with Crippen molar-refractivity contribution in [2.75, 3.05) is 0 Å². The summed E-state index contributed by atoms with van der Waals surface area (Å²) in [6.45, 7) is 3.97. The van der Waals surface area contributed by atoms with E-state index in [2.05, 4.69) is 16.3 Å². The molecule has 0 saturated heterocycles. The van der Waals surface area contributed by atoms with Gasteiger partial charge in [-0.1, -0.05) is 6.42 Å². The zero-order chi connectivity index (χ0) is 9.73. The van der Waals surface area contributed by atoms with Gasteiger partial charge in [-0.2, -0.15) is 15.5 Å². The molecule has 0 atom stereocenters. The molecule has 0 heterocycles. The topological polar surface area (TPSA) is 48.5 Å². The van der Waals surface area contributed by atoms with E-state index in [1.807, 2.05) is 13.8 Å². The van der Waals surface area contributed by atoms with Crippen molar-refractivity contribution >= 4 is 0 Å². The molecular weight excluding hydrogens is 162 g/mol. The maximum atomic E-state index is 9.05. The van der Waals surface area contributed by atoms with Crippen LogP contribution in [0, 0.1) is 11.3 Å². The number of hydrogen-bond donors (Lipinski definition) is 0. The molecule has 1 fully saturated rings.